The number of hydrogen-bond acceptors (Lipinski definition) is 3. The topological polar surface area (TPSA) is 54.5 Å². The van der Waals surface area contributed by atoms with Gasteiger partial charge in [-0.3, -0.25) is 0 Å². The third kappa shape index (κ3) is 3.35. The van der Waals surface area contributed by atoms with Crippen molar-refractivity contribution in [3.05, 3.63) is 17.8 Å². The van der Waals surface area contributed by atoms with Gasteiger partial charge in [0.15, 0.2) is 0 Å². The molecule has 1 saturated heterocycles. The molecule has 1 aromatic rings. The minimum Gasteiger partial charge on any atom is -0.480 e. The lowest BCUT2D eigenvalue weighted by atomic mass is 9.88. The van der Waals surface area contributed by atoms with E-state index >= 15 is 0 Å². The highest BCUT2D eigenvalue weighted by molar-refractivity contribution is 5.91. The van der Waals surface area contributed by atoms with Gasteiger partial charge in [-0.15, -0.1) is 0 Å². The molecular formula is C15H20F3N3O2. The van der Waals surface area contributed by atoms with Crippen LogP contribution < -0.4 is 10.1 Å². The molecule has 0 radical (unpaired) electrons. The largest absolute Gasteiger partial charge is 0.480 e. The third-order valence-corrected chi connectivity index (χ3v) is 4.25. The molecule has 2 amide bonds. The maximum atomic E-state index is 13.1. The molecule has 0 saturated carbocycles. The van der Waals surface area contributed by atoms with Crippen molar-refractivity contribution in [1.29, 1.82) is 0 Å². The van der Waals surface area contributed by atoms with Gasteiger partial charge in [-0.1, -0.05) is 0 Å². The van der Waals surface area contributed by atoms with E-state index in [1.165, 1.54) is 25.9 Å². The van der Waals surface area contributed by atoms with Gasteiger partial charge in [-0.25, -0.2) is 9.78 Å². The number of carbonyl (C=O) groups is 1. The van der Waals surface area contributed by atoms with Crippen molar-refractivity contribution < 1.29 is 22.7 Å². The Balaban J connectivity index is 2.21. The summed E-state index contributed by atoms with van der Waals surface area (Å²) in [7, 11) is 1.41. The van der Waals surface area contributed by atoms with E-state index in [0.29, 0.717) is 5.69 Å². The number of carbonyl (C=O) groups excluding carboxylic acids is 1. The predicted molar refractivity (Wildman–Crippen MR) is 79.5 cm³/mol. The van der Waals surface area contributed by atoms with E-state index in [-0.39, 0.29) is 18.8 Å². The van der Waals surface area contributed by atoms with Crippen LogP contribution in [-0.4, -0.2) is 41.3 Å². The highest BCUT2D eigenvalue weighted by Gasteiger charge is 2.56. The van der Waals surface area contributed by atoms with Gasteiger partial charge in [0.05, 0.1) is 18.6 Å². The van der Waals surface area contributed by atoms with E-state index in [1.54, 1.807) is 19.2 Å². The summed E-state index contributed by atoms with van der Waals surface area (Å²) in [5, 5.41) is 2.60. The van der Waals surface area contributed by atoms with E-state index in [0.717, 1.165) is 5.56 Å². The number of pyridine rings is 1. The second kappa shape index (κ2) is 5.90. The number of rotatable bonds is 2. The summed E-state index contributed by atoms with van der Waals surface area (Å²) in [6, 6.07) is 1.07. The Morgan fingerprint density at radius 3 is 2.65 bits per heavy atom. The van der Waals surface area contributed by atoms with Crippen LogP contribution in [0, 0.1) is 12.8 Å². The Labute approximate surface area is 132 Å². The first-order valence-electron chi connectivity index (χ1n) is 7.23. The number of aryl methyl sites for hydroxylation is 1. The molecule has 5 nitrogen and oxygen atoms in total. The highest BCUT2D eigenvalue weighted by Crippen LogP contribution is 2.44. The van der Waals surface area contributed by atoms with Crippen LogP contribution in [0.4, 0.5) is 23.7 Å². The Morgan fingerprint density at radius 1 is 1.48 bits per heavy atom. The van der Waals surface area contributed by atoms with Crippen LogP contribution in [0.2, 0.25) is 0 Å². The van der Waals surface area contributed by atoms with Gasteiger partial charge in [-0.2, -0.15) is 13.2 Å². The van der Waals surface area contributed by atoms with Crippen molar-refractivity contribution in [2.24, 2.45) is 5.92 Å². The van der Waals surface area contributed by atoms with Gasteiger partial charge in [0, 0.05) is 12.7 Å². The summed E-state index contributed by atoms with van der Waals surface area (Å²) in [6.07, 6.45) is -2.86. The molecule has 23 heavy (non-hydrogen) atoms. The fourth-order valence-corrected chi connectivity index (χ4v) is 3.01. The van der Waals surface area contributed by atoms with Gasteiger partial charge in [0.1, 0.15) is 5.69 Å². The van der Waals surface area contributed by atoms with Crippen molar-refractivity contribution in [3.63, 3.8) is 0 Å². The number of amides is 2. The van der Waals surface area contributed by atoms with Gasteiger partial charge in [-0.05, 0) is 38.8 Å². The van der Waals surface area contributed by atoms with Crippen LogP contribution in [0.3, 0.4) is 0 Å². The minimum absolute atomic E-state index is 0.0462. The SMILES string of the molecule is COc1ncc(C)cc1NC(=O)N1CC[C@@H](C(F)(F)F)C1(C)C. The summed E-state index contributed by atoms with van der Waals surface area (Å²) in [4.78, 5) is 17.7. The van der Waals surface area contributed by atoms with Crippen molar-refractivity contribution >= 4 is 11.7 Å². The molecule has 1 aliphatic rings. The van der Waals surface area contributed by atoms with Crippen molar-refractivity contribution in [2.45, 2.75) is 38.9 Å². The summed E-state index contributed by atoms with van der Waals surface area (Å²) in [6.45, 7) is 4.71. The van der Waals surface area contributed by atoms with E-state index in [4.69, 9.17) is 4.74 Å². The molecule has 0 bridgehead atoms. The zero-order chi connectivity index (χ0) is 17.4. The number of nitrogens with one attached hydrogen (secondary N) is 1. The Bertz CT molecular complexity index is 602. The number of anilines is 1. The van der Waals surface area contributed by atoms with Crippen molar-refractivity contribution in [3.8, 4) is 5.88 Å². The second-order valence-corrected chi connectivity index (χ2v) is 6.19. The van der Waals surface area contributed by atoms with Crippen LogP contribution in [0.25, 0.3) is 0 Å². The van der Waals surface area contributed by atoms with Crippen LogP contribution in [0.1, 0.15) is 25.8 Å². The molecule has 8 heteroatoms. The number of hydrogen-bond donors (Lipinski definition) is 1. The normalized spacial score (nSPS) is 20.5. The molecular weight excluding hydrogens is 311 g/mol. The third-order valence-electron chi connectivity index (χ3n) is 4.25. The zero-order valence-corrected chi connectivity index (χ0v) is 13.5. The molecule has 0 spiro atoms. The number of halogens is 3. The van der Waals surface area contributed by atoms with Crippen LogP contribution in [0.5, 0.6) is 5.88 Å². The molecule has 1 fully saturated rings. The average Bonchev–Trinajstić information content (AvgIpc) is 2.74. The highest BCUT2D eigenvalue weighted by atomic mass is 19.4. The first-order valence-corrected chi connectivity index (χ1v) is 7.23. The Hall–Kier alpha value is -1.99. The van der Waals surface area contributed by atoms with Gasteiger partial charge in [0.2, 0.25) is 5.88 Å². The van der Waals surface area contributed by atoms with Crippen LogP contribution in [0.15, 0.2) is 12.3 Å². The molecule has 2 heterocycles. The van der Waals surface area contributed by atoms with Gasteiger partial charge < -0.3 is 15.0 Å². The van der Waals surface area contributed by atoms with Gasteiger partial charge >= 0.3 is 12.2 Å². The number of nitrogens with zero attached hydrogens (tertiary/aromatic N) is 2. The quantitative estimate of drug-likeness (QED) is 0.901. The number of ether oxygens (including phenoxy) is 1. The summed E-state index contributed by atoms with van der Waals surface area (Å²) < 4.78 is 44.4. The average molecular weight is 331 g/mol. The molecule has 1 atom stereocenters. The van der Waals surface area contributed by atoms with Crippen molar-refractivity contribution in [1.82, 2.24) is 9.88 Å². The van der Waals surface area contributed by atoms with Crippen molar-refractivity contribution in [2.75, 3.05) is 19.0 Å². The standard InChI is InChI=1S/C15H20F3N3O2/c1-9-7-10(12(23-4)19-8-9)20-13(22)21-6-5-11(14(21,2)3)15(16,17)18/h7-8,11H,5-6H2,1-4H3,(H,20,22)/t11-/m1/s1. The molecule has 1 N–H and O–H groups in total. The zero-order valence-electron chi connectivity index (χ0n) is 13.5. The van der Waals surface area contributed by atoms with Crippen LogP contribution >= 0.6 is 0 Å². The predicted octanol–water partition coefficient (Wildman–Crippen LogP) is 3.59. The van der Waals surface area contributed by atoms with Crippen LogP contribution in [-0.2, 0) is 0 Å². The summed E-state index contributed by atoms with van der Waals surface area (Å²) in [5.41, 5.74) is -0.175. The van der Waals surface area contributed by atoms with E-state index in [1.807, 2.05) is 0 Å². The molecule has 2 rings (SSSR count). The Morgan fingerprint density at radius 2 is 2.13 bits per heavy atom. The van der Waals surface area contributed by atoms with E-state index < -0.39 is 23.7 Å². The number of urea groups is 1. The lowest BCUT2D eigenvalue weighted by Gasteiger charge is -2.36. The molecule has 0 unspecified atom stereocenters. The number of methoxy groups -OCH3 is 1. The summed E-state index contributed by atoms with van der Waals surface area (Å²) >= 11 is 0. The van der Waals surface area contributed by atoms with E-state index in [2.05, 4.69) is 10.3 Å². The molecule has 1 aromatic heterocycles. The second-order valence-electron chi connectivity index (χ2n) is 6.19. The van der Waals surface area contributed by atoms with Gasteiger partial charge in [0.25, 0.3) is 0 Å². The molecule has 128 valence electrons. The monoisotopic (exact) mass is 331 g/mol. The fourth-order valence-electron chi connectivity index (χ4n) is 3.01. The maximum Gasteiger partial charge on any atom is 0.394 e. The molecule has 0 aromatic carbocycles. The van der Waals surface area contributed by atoms with E-state index in [9.17, 15) is 18.0 Å². The smallest absolute Gasteiger partial charge is 0.394 e. The minimum atomic E-state index is -4.33. The first-order chi connectivity index (χ1) is 10.6. The Kier molecular flexibility index (Phi) is 4.45. The molecule has 0 aliphatic carbocycles. The number of aromatic nitrogens is 1. The maximum absolute atomic E-state index is 13.1. The molecule has 1 aliphatic heterocycles. The number of alkyl halides is 3. The number of likely N-dealkylation sites (tertiary alicyclic amines) is 1. The fraction of sp³-hybridized carbons (Fsp3) is 0.600. The lowest BCUT2D eigenvalue weighted by molar-refractivity contribution is -0.189. The summed E-state index contributed by atoms with van der Waals surface area (Å²) in [5.74, 6) is -1.33. The first kappa shape index (κ1) is 17.4. The lowest BCUT2D eigenvalue weighted by Crippen LogP contribution is -2.51.